The molecule has 2 aromatic rings. The zero-order chi connectivity index (χ0) is 28.7. The van der Waals surface area contributed by atoms with Crippen molar-refractivity contribution in [2.45, 2.75) is 69.2 Å². The highest BCUT2D eigenvalue weighted by atomic mass is 79.9. The Balaban J connectivity index is 2.52. The molecule has 1 unspecified atom stereocenters. The molecule has 2 rings (SSSR count). The van der Waals surface area contributed by atoms with Gasteiger partial charge in [-0.3, -0.25) is 4.79 Å². The van der Waals surface area contributed by atoms with Crippen LogP contribution in [0.5, 0.6) is 0 Å². The Morgan fingerprint density at radius 1 is 0.865 bits per heavy atom. The third kappa shape index (κ3) is 6.07. The third-order valence-corrected chi connectivity index (χ3v) is 11.8. The first-order chi connectivity index (χ1) is 16.6. The summed E-state index contributed by atoms with van der Waals surface area (Å²) in [6.45, 7) is 8.11. The van der Waals surface area contributed by atoms with Crippen LogP contribution in [0.2, 0.25) is 18.1 Å². The minimum absolute atomic E-state index is 0.0453. The first-order valence-electron chi connectivity index (χ1n) is 11.2. The molecule has 0 saturated carbocycles. The first kappa shape index (κ1) is 31.3. The van der Waals surface area contributed by atoms with Gasteiger partial charge in [0.05, 0.1) is 12.0 Å². The van der Waals surface area contributed by atoms with E-state index in [1.807, 2.05) is 0 Å². The van der Waals surface area contributed by atoms with Gasteiger partial charge in [0, 0.05) is 15.7 Å². The topological polar surface area (TPSA) is 58.6 Å². The maximum absolute atomic E-state index is 14.3. The van der Waals surface area contributed by atoms with E-state index in [0.29, 0.717) is 17.7 Å². The molecule has 1 amide bonds. The summed E-state index contributed by atoms with van der Waals surface area (Å²) >= 11 is 3.27. The van der Waals surface area contributed by atoms with E-state index in [9.17, 15) is 36.2 Å². The molecule has 206 valence electrons. The van der Waals surface area contributed by atoms with Gasteiger partial charge in [0.25, 0.3) is 5.60 Å². The summed E-state index contributed by atoms with van der Waals surface area (Å²) in [5.74, 6) is -0.694. The normalized spacial score (nSPS) is 15.3. The van der Waals surface area contributed by atoms with Crippen molar-refractivity contribution in [3.8, 4) is 0 Å². The molecule has 2 aromatic carbocycles. The van der Waals surface area contributed by atoms with Crippen LogP contribution in [0, 0.1) is 0 Å². The largest absolute Gasteiger partial charge is 0.429 e. The van der Waals surface area contributed by atoms with E-state index >= 15 is 0 Å². The Morgan fingerprint density at radius 2 is 1.30 bits per heavy atom. The second-order valence-corrected chi connectivity index (χ2v) is 16.2. The summed E-state index contributed by atoms with van der Waals surface area (Å²) in [6.07, 6.45) is -11.6. The number of alkyl halides is 6. The van der Waals surface area contributed by atoms with Crippen molar-refractivity contribution in [1.29, 1.82) is 0 Å². The number of carbonyl (C=O) groups excluding carboxylic acids is 1. The van der Waals surface area contributed by atoms with Crippen LogP contribution in [0.15, 0.2) is 53.0 Å². The van der Waals surface area contributed by atoms with Crippen LogP contribution in [-0.2, 0) is 20.2 Å². The van der Waals surface area contributed by atoms with E-state index < -0.39 is 54.8 Å². The molecule has 0 aliphatic rings. The number of carbonyl (C=O) groups is 1. The lowest BCUT2D eigenvalue weighted by Gasteiger charge is -2.46. The summed E-state index contributed by atoms with van der Waals surface area (Å²) < 4.78 is 91.6. The van der Waals surface area contributed by atoms with Crippen molar-refractivity contribution in [3.63, 3.8) is 0 Å². The van der Waals surface area contributed by atoms with Gasteiger partial charge in [-0.05, 0) is 54.9 Å². The van der Waals surface area contributed by atoms with Crippen LogP contribution >= 0.6 is 15.9 Å². The molecular formula is C25H30BrF6NO3Si. The maximum atomic E-state index is 14.3. The molecule has 0 aliphatic carbocycles. The van der Waals surface area contributed by atoms with Crippen LogP contribution in [0.4, 0.5) is 32.0 Å². The lowest BCUT2D eigenvalue weighted by molar-refractivity contribution is -0.369. The molecule has 0 fully saturated rings. The quantitative estimate of drug-likeness (QED) is 0.249. The summed E-state index contributed by atoms with van der Waals surface area (Å²) in [5.41, 5.74) is -6.71. The average molecular weight is 614 g/mol. The average Bonchev–Trinajstić information content (AvgIpc) is 2.75. The van der Waals surface area contributed by atoms with Crippen molar-refractivity contribution in [1.82, 2.24) is 0 Å². The number of hydrogen-bond donors (Lipinski definition) is 2. The minimum Gasteiger partial charge on any atom is -0.395 e. The lowest BCUT2D eigenvalue weighted by Crippen LogP contribution is -2.62. The standard InChI is InChI=1S/C25H30BrF6NO3Si/c1-21(2,3)37(5,6)36-23(24(27,28)29,25(30,31)32)17-9-13-19(14-10-17)33-20(35)22(4,15-34)16-7-11-18(26)12-8-16/h7-14,34H,15H2,1-6H3,(H,33,35). The number of aliphatic hydroxyl groups is 1. The van der Waals surface area contributed by atoms with Crippen molar-refractivity contribution in [2.75, 3.05) is 11.9 Å². The number of anilines is 1. The van der Waals surface area contributed by atoms with Crippen LogP contribution in [0.1, 0.15) is 38.8 Å². The number of benzene rings is 2. The molecular weight excluding hydrogens is 584 g/mol. The van der Waals surface area contributed by atoms with Crippen molar-refractivity contribution in [3.05, 3.63) is 64.1 Å². The second-order valence-electron chi connectivity index (χ2n) is 10.6. The van der Waals surface area contributed by atoms with Crippen molar-refractivity contribution in [2.24, 2.45) is 0 Å². The maximum Gasteiger partial charge on any atom is 0.429 e. The molecule has 2 N–H and O–H groups in total. The zero-order valence-corrected chi connectivity index (χ0v) is 23.8. The minimum atomic E-state index is -5.82. The number of rotatable bonds is 7. The third-order valence-electron chi connectivity index (χ3n) is 6.86. The lowest BCUT2D eigenvalue weighted by atomic mass is 9.82. The summed E-state index contributed by atoms with van der Waals surface area (Å²) in [6, 6.07) is 9.77. The van der Waals surface area contributed by atoms with Crippen molar-refractivity contribution >= 4 is 35.8 Å². The number of amides is 1. The number of hydrogen-bond acceptors (Lipinski definition) is 3. The molecule has 37 heavy (non-hydrogen) atoms. The smallest absolute Gasteiger partial charge is 0.395 e. The Labute approximate surface area is 221 Å². The highest BCUT2D eigenvalue weighted by Gasteiger charge is 2.75. The van der Waals surface area contributed by atoms with Crippen LogP contribution < -0.4 is 5.32 Å². The summed E-state index contributed by atoms with van der Waals surface area (Å²) in [5, 5.41) is 11.5. The highest BCUT2D eigenvalue weighted by Crippen LogP contribution is 2.56. The predicted molar refractivity (Wildman–Crippen MR) is 136 cm³/mol. The van der Waals surface area contributed by atoms with Gasteiger partial charge in [0.1, 0.15) is 0 Å². The van der Waals surface area contributed by atoms with E-state index in [0.717, 1.165) is 16.6 Å². The molecule has 4 nitrogen and oxygen atoms in total. The van der Waals surface area contributed by atoms with Crippen molar-refractivity contribution < 1.29 is 40.7 Å². The Morgan fingerprint density at radius 3 is 1.68 bits per heavy atom. The number of aliphatic hydroxyl groups excluding tert-OH is 1. The highest BCUT2D eigenvalue weighted by molar-refractivity contribution is 9.10. The molecule has 0 radical (unpaired) electrons. The predicted octanol–water partition coefficient (Wildman–Crippen LogP) is 7.68. The van der Waals surface area contributed by atoms with E-state index in [4.69, 9.17) is 4.43 Å². The van der Waals surface area contributed by atoms with Crippen LogP contribution in [0.25, 0.3) is 0 Å². The Hall–Kier alpha value is -1.89. The molecule has 0 aliphatic heterocycles. The van der Waals surface area contributed by atoms with E-state index in [1.165, 1.54) is 20.0 Å². The fourth-order valence-corrected chi connectivity index (χ4v) is 5.05. The summed E-state index contributed by atoms with van der Waals surface area (Å²) in [7, 11) is -3.59. The molecule has 0 heterocycles. The monoisotopic (exact) mass is 613 g/mol. The fraction of sp³-hybridized carbons (Fsp3) is 0.480. The van der Waals surface area contributed by atoms with Gasteiger partial charge in [0.2, 0.25) is 5.91 Å². The second kappa shape index (κ2) is 10.3. The fourth-order valence-electron chi connectivity index (χ4n) is 3.37. The summed E-state index contributed by atoms with van der Waals surface area (Å²) in [4.78, 5) is 13.0. The molecule has 0 bridgehead atoms. The van der Waals surface area contributed by atoms with Crippen LogP contribution in [0.3, 0.4) is 0 Å². The molecule has 0 saturated heterocycles. The molecule has 12 heteroatoms. The zero-order valence-electron chi connectivity index (χ0n) is 21.2. The molecule has 0 spiro atoms. The van der Waals surface area contributed by atoms with Gasteiger partial charge in [-0.25, -0.2) is 0 Å². The first-order valence-corrected chi connectivity index (χ1v) is 14.9. The molecule has 0 aromatic heterocycles. The van der Waals surface area contributed by atoms with Gasteiger partial charge < -0.3 is 14.8 Å². The Kier molecular flexibility index (Phi) is 8.76. The van der Waals surface area contributed by atoms with E-state index in [1.54, 1.807) is 45.0 Å². The molecule has 1 atom stereocenters. The van der Waals surface area contributed by atoms with Gasteiger partial charge >= 0.3 is 12.4 Å². The SMILES string of the molecule is CC(CO)(C(=O)Nc1ccc(C(O[Si](C)(C)C(C)(C)C)(C(F)(F)F)C(F)(F)F)cc1)c1ccc(Br)cc1. The van der Waals surface area contributed by atoms with Gasteiger partial charge in [0.15, 0.2) is 8.32 Å². The Bertz CT molecular complexity index is 1080. The van der Waals surface area contributed by atoms with E-state index in [-0.39, 0.29) is 5.69 Å². The van der Waals surface area contributed by atoms with Crippen LogP contribution in [-0.4, -0.2) is 38.3 Å². The van der Waals surface area contributed by atoms with Gasteiger partial charge in [-0.1, -0.05) is 61.0 Å². The van der Waals surface area contributed by atoms with Gasteiger partial charge in [-0.2, -0.15) is 26.3 Å². The van der Waals surface area contributed by atoms with E-state index in [2.05, 4.69) is 21.2 Å². The number of nitrogens with one attached hydrogen (secondary N) is 1. The number of halogens is 7. The van der Waals surface area contributed by atoms with Gasteiger partial charge in [-0.15, -0.1) is 0 Å².